The van der Waals surface area contributed by atoms with Crippen molar-refractivity contribution in [3.63, 3.8) is 0 Å². The number of aromatic nitrogens is 2. The van der Waals surface area contributed by atoms with Gasteiger partial charge in [0.05, 0.1) is 28.6 Å². The first-order valence-electron chi connectivity index (χ1n) is 15.5. The van der Waals surface area contributed by atoms with E-state index in [9.17, 15) is 0 Å². The molecule has 2 heterocycles. The average Bonchev–Trinajstić information content (AvgIpc) is 3.65. The Hall–Kier alpha value is -6.37. The number of benzene rings is 7. The third-order valence-electron chi connectivity index (χ3n) is 9.17. The Kier molecular flexibility index (Phi) is 5.88. The topological polar surface area (TPSA) is 14.2 Å². The minimum Gasteiger partial charge on any atom is -0.309 e. The molecule has 7 aromatic carbocycles. The molecule has 0 atom stereocenters. The first kappa shape index (κ1) is 26.1. The Bertz CT molecular complexity index is 2540. The highest BCUT2D eigenvalue weighted by molar-refractivity contribution is 6.10. The van der Waals surface area contributed by atoms with Crippen molar-refractivity contribution in [2.24, 2.45) is 0 Å². The molecule has 3 nitrogen and oxygen atoms in total. The van der Waals surface area contributed by atoms with Gasteiger partial charge >= 0.3 is 0 Å². The molecule has 0 aliphatic rings. The minimum absolute atomic E-state index is 0.648. The lowest BCUT2D eigenvalue weighted by Crippen LogP contribution is -1.97. The summed E-state index contributed by atoms with van der Waals surface area (Å²) in [5.41, 5.74) is 11.7. The molecule has 0 spiro atoms. The maximum atomic E-state index is 7.90. The summed E-state index contributed by atoms with van der Waals surface area (Å²) in [6.07, 6.45) is 0. The third kappa shape index (κ3) is 3.91. The monoisotopic (exact) mass is 585 g/mol. The van der Waals surface area contributed by atoms with Gasteiger partial charge in [0, 0.05) is 32.9 Å². The zero-order valence-electron chi connectivity index (χ0n) is 24.9. The molecule has 0 aliphatic carbocycles. The molecular weight excluding hydrogens is 558 g/mol. The molecule has 3 heteroatoms. The van der Waals surface area contributed by atoms with Crippen molar-refractivity contribution >= 4 is 49.3 Å². The quantitative estimate of drug-likeness (QED) is 0.182. The molecule has 0 unspecified atom stereocenters. The summed E-state index contributed by atoms with van der Waals surface area (Å²) in [5.74, 6) is 0. The van der Waals surface area contributed by atoms with Crippen molar-refractivity contribution in [2.45, 2.75) is 0 Å². The fraction of sp³-hybridized carbons (Fsp3) is 0. The molecule has 0 N–H and O–H groups in total. The lowest BCUT2D eigenvalue weighted by Gasteiger charge is -2.17. The van der Waals surface area contributed by atoms with E-state index in [0.29, 0.717) is 5.69 Å². The molecule has 214 valence electrons. The number of hydrogen-bond donors (Lipinski definition) is 0. The van der Waals surface area contributed by atoms with E-state index in [0.717, 1.165) is 33.6 Å². The van der Waals surface area contributed by atoms with E-state index in [1.54, 1.807) is 0 Å². The van der Waals surface area contributed by atoms with Gasteiger partial charge in [-0.1, -0.05) is 115 Å². The Labute approximate surface area is 266 Å². The molecule has 0 aliphatic heterocycles. The van der Waals surface area contributed by atoms with Gasteiger partial charge in [-0.25, -0.2) is 4.85 Å². The largest absolute Gasteiger partial charge is 0.309 e. The highest BCUT2D eigenvalue weighted by Gasteiger charge is 2.17. The molecule has 0 amide bonds. The molecule has 9 aromatic rings. The first-order chi connectivity index (χ1) is 22.8. The van der Waals surface area contributed by atoms with Crippen LogP contribution in [-0.2, 0) is 0 Å². The second-order valence-electron chi connectivity index (χ2n) is 11.6. The van der Waals surface area contributed by atoms with E-state index in [1.165, 1.54) is 43.6 Å². The molecular formula is C43H27N3. The van der Waals surface area contributed by atoms with Crippen molar-refractivity contribution in [2.75, 3.05) is 0 Å². The van der Waals surface area contributed by atoms with Crippen LogP contribution in [-0.4, -0.2) is 9.13 Å². The van der Waals surface area contributed by atoms with Crippen LogP contribution in [0.1, 0.15) is 0 Å². The summed E-state index contributed by atoms with van der Waals surface area (Å²) in [7, 11) is 0. The predicted octanol–water partition coefficient (Wildman–Crippen LogP) is 11.8. The van der Waals surface area contributed by atoms with Gasteiger partial charge in [-0.15, -0.1) is 0 Å². The van der Waals surface area contributed by atoms with Crippen LogP contribution < -0.4 is 0 Å². The molecule has 46 heavy (non-hydrogen) atoms. The number of para-hydroxylation sites is 5. The van der Waals surface area contributed by atoms with Crippen molar-refractivity contribution < 1.29 is 0 Å². The minimum atomic E-state index is 0.648. The first-order valence-corrected chi connectivity index (χ1v) is 15.5. The lowest BCUT2D eigenvalue weighted by atomic mass is 9.93. The second kappa shape index (κ2) is 10.4. The summed E-state index contributed by atoms with van der Waals surface area (Å²) in [6.45, 7) is 7.90. The van der Waals surface area contributed by atoms with Crippen LogP contribution in [0, 0.1) is 6.57 Å². The average molecular weight is 586 g/mol. The van der Waals surface area contributed by atoms with E-state index in [-0.39, 0.29) is 0 Å². The number of rotatable bonds is 4. The van der Waals surface area contributed by atoms with Gasteiger partial charge in [-0.2, -0.15) is 0 Å². The molecule has 0 fully saturated rings. The summed E-state index contributed by atoms with van der Waals surface area (Å²) in [4.78, 5) is 3.88. The predicted molar refractivity (Wildman–Crippen MR) is 192 cm³/mol. The number of fused-ring (bicyclic) bond motifs is 6. The number of hydrogen-bond acceptors (Lipinski definition) is 0. The Balaban J connectivity index is 1.27. The van der Waals surface area contributed by atoms with Gasteiger partial charge in [0.2, 0.25) is 0 Å². The normalized spacial score (nSPS) is 11.5. The van der Waals surface area contributed by atoms with Crippen LogP contribution in [0.25, 0.3) is 82.1 Å². The van der Waals surface area contributed by atoms with Crippen LogP contribution >= 0.6 is 0 Å². The SMILES string of the molecule is [C-]#[N+]c1ccccc1-c1ccc(-n2c3ccccc3c3ccccc32)cc1-c1ccc(-n2c3ccccc3c3ccccc32)cc1. The second-order valence-corrected chi connectivity index (χ2v) is 11.6. The van der Waals surface area contributed by atoms with E-state index < -0.39 is 0 Å². The smallest absolute Gasteiger partial charge is 0.194 e. The van der Waals surface area contributed by atoms with Gasteiger partial charge in [0.15, 0.2) is 5.69 Å². The fourth-order valence-corrected chi connectivity index (χ4v) is 7.14. The third-order valence-corrected chi connectivity index (χ3v) is 9.17. The van der Waals surface area contributed by atoms with Crippen molar-refractivity contribution in [1.82, 2.24) is 9.13 Å². The zero-order valence-corrected chi connectivity index (χ0v) is 24.9. The fourth-order valence-electron chi connectivity index (χ4n) is 7.14. The Morgan fingerprint density at radius 2 is 0.804 bits per heavy atom. The summed E-state index contributed by atoms with van der Waals surface area (Å²) >= 11 is 0. The van der Waals surface area contributed by atoms with Gasteiger partial charge in [-0.3, -0.25) is 0 Å². The van der Waals surface area contributed by atoms with Crippen molar-refractivity contribution in [3.05, 3.63) is 175 Å². The highest BCUT2D eigenvalue weighted by atomic mass is 15.0. The van der Waals surface area contributed by atoms with E-state index in [1.807, 2.05) is 18.2 Å². The molecule has 0 saturated carbocycles. The van der Waals surface area contributed by atoms with Gasteiger partial charge in [-0.05, 0) is 70.8 Å². The van der Waals surface area contributed by atoms with Crippen LogP contribution in [0.2, 0.25) is 0 Å². The van der Waals surface area contributed by atoms with Crippen molar-refractivity contribution in [1.29, 1.82) is 0 Å². The van der Waals surface area contributed by atoms with Gasteiger partial charge in [0.25, 0.3) is 0 Å². The van der Waals surface area contributed by atoms with Crippen LogP contribution in [0.4, 0.5) is 5.69 Å². The summed E-state index contributed by atoms with van der Waals surface area (Å²) in [6, 6.07) is 57.8. The zero-order chi connectivity index (χ0) is 30.6. The molecule has 9 rings (SSSR count). The number of nitrogens with zero attached hydrogens (tertiary/aromatic N) is 3. The van der Waals surface area contributed by atoms with E-state index >= 15 is 0 Å². The highest BCUT2D eigenvalue weighted by Crippen LogP contribution is 2.41. The maximum Gasteiger partial charge on any atom is 0.194 e. The van der Waals surface area contributed by atoms with Crippen LogP contribution in [0.3, 0.4) is 0 Å². The Morgan fingerprint density at radius 3 is 1.33 bits per heavy atom. The van der Waals surface area contributed by atoms with Crippen LogP contribution in [0.5, 0.6) is 0 Å². The van der Waals surface area contributed by atoms with Crippen LogP contribution in [0.15, 0.2) is 164 Å². The van der Waals surface area contributed by atoms with Gasteiger partial charge < -0.3 is 9.13 Å². The molecule has 2 aromatic heterocycles. The molecule has 0 saturated heterocycles. The van der Waals surface area contributed by atoms with E-state index in [2.05, 4.69) is 160 Å². The molecule has 0 radical (unpaired) electrons. The van der Waals surface area contributed by atoms with Gasteiger partial charge in [0.1, 0.15) is 0 Å². The van der Waals surface area contributed by atoms with E-state index in [4.69, 9.17) is 6.57 Å². The summed E-state index contributed by atoms with van der Waals surface area (Å²) < 4.78 is 4.70. The summed E-state index contributed by atoms with van der Waals surface area (Å²) in [5, 5.41) is 4.97. The molecule has 0 bridgehead atoms. The lowest BCUT2D eigenvalue weighted by molar-refractivity contribution is 1.18. The standard InChI is InChI=1S/C43H27N3/c1-44-39-17-7-2-12-33(39)32-27-26-31(46-42-20-10-5-15-36(42)37-16-6-11-21-43(37)46)28-38(32)29-22-24-30(25-23-29)45-40-18-8-3-13-34(40)35-14-4-9-19-41(35)45/h2-28H. The Morgan fingerprint density at radius 1 is 0.370 bits per heavy atom. The maximum absolute atomic E-state index is 7.90. The van der Waals surface area contributed by atoms with Crippen molar-refractivity contribution in [3.8, 4) is 33.6 Å².